The van der Waals surface area contributed by atoms with Crippen molar-refractivity contribution in [2.45, 2.75) is 31.2 Å². The van der Waals surface area contributed by atoms with Crippen LogP contribution >= 0.6 is 11.8 Å². The number of rotatable bonds is 4. The van der Waals surface area contributed by atoms with Gasteiger partial charge >= 0.3 is 5.69 Å². The molecule has 11 heteroatoms. The third-order valence-corrected chi connectivity index (χ3v) is 6.21. The van der Waals surface area contributed by atoms with Crippen molar-refractivity contribution in [2.24, 2.45) is 14.1 Å². The van der Waals surface area contributed by atoms with Crippen molar-refractivity contribution in [3.63, 3.8) is 0 Å². The first-order chi connectivity index (χ1) is 16.0. The Kier molecular flexibility index (Phi) is 5.79. The molecule has 1 amide bonds. The highest BCUT2D eigenvalue weighted by Gasteiger charge is 2.24. The van der Waals surface area contributed by atoms with E-state index in [1.54, 1.807) is 24.3 Å². The second kappa shape index (κ2) is 8.46. The Morgan fingerprint density at radius 3 is 2.56 bits per heavy atom. The van der Waals surface area contributed by atoms with Crippen LogP contribution in [0.25, 0.3) is 22.0 Å². The number of benzene rings is 1. The summed E-state index contributed by atoms with van der Waals surface area (Å²) in [6.45, 7) is 5.76. The molecule has 1 N–H and O–H groups in total. The number of anilines is 1. The van der Waals surface area contributed by atoms with Gasteiger partial charge in [-0.3, -0.25) is 18.7 Å². The summed E-state index contributed by atoms with van der Waals surface area (Å²) in [5.74, 6) is -0.0463. The summed E-state index contributed by atoms with van der Waals surface area (Å²) in [6.07, 6.45) is 0. The number of fused-ring (bicyclic) bond motifs is 2. The van der Waals surface area contributed by atoms with Gasteiger partial charge in [-0.1, -0.05) is 44.7 Å². The van der Waals surface area contributed by atoms with Crippen molar-refractivity contribution in [3.8, 4) is 6.07 Å². The van der Waals surface area contributed by atoms with Crippen LogP contribution in [0.3, 0.4) is 0 Å². The maximum Gasteiger partial charge on any atom is 0.332 e. The molecule has 0 aliphatic heterocycles. The molecule has 0 fully saturated rings. The van der Waals surface area contributed by atoms with Gasteiger partial charge in [0.15, 0.2) is 5.65 Å². The van der Waals surface area contributed by atoms with Gasteiger partial charge in [-0.2, -0.15) is 5.26 Å². The first kappa shape index (κ1) is 23.3. The van der Waals surface area contributed by atoms with Crippen LogP contribution in [0.1, 0.15) is 32.4 Å². The molecule has 0 saturated heterocycles. The van der Waals surface area contributed by atoms with Crippen LogP contribution in [-0.2, 0) is 24.3 Å². The molecule has 0 bridgehead atoms. The molecular weight excluding hydrogens is 456 g/mol. The molecule has 4 aromatic rings. The number of carbonyl (C=O) groups excluding carboxylic acids is 1. The average molecular weight is 479 g/mol. The largest absolute Gasteiger partial charge is 0.443 e. The van der Waals surface area contributed by atoms with E-state index < -0.39 is 22.6 Å². The predicted molar refractivity (Wildman–Crippen MR) is 129 cm³/mol. The van der Waals surface area contributed by atoms with E-state index >= 15 is 0 Å². The third-order valence-electron chi connectivity index (χ3n) is 5.24. The highest BCUT2D eigenvalue weighted by Crippen LogP contribution is 2.31. The fourth-order valence-electron chi connectivity index (χ4n) is 3.43. The van der Waals surface area contributed by atoms with Crippen molar-refractivity contribution in [1.29, 1.82) is 5.26 Å². The summed E-state index contributed by atoms with van der Waals surface area (Å²) in [4.78, 5) is 47.2. The molecule has 0 unspecified atom stereocenters. The number of thioether (sulfide) groups is 1. The minimum atomic E-state index is -0.533. The van der Waals surface area contributed by atoms with Crippen molar-refractivity contribution >= 4 is 45.4 Å². The number of nitriles is 1. The highest BCUT2D eigenvalue weighted by molar-refractivity contribution is 8.00. The predicted octanol–water partition coefficient (Wildman–Crippen LogP) is 2.67. The molecule has 0 aliphatic rings. The number of amides is 1. The van der Waals surface area contributed by atoms with Crippen LogP contribution in [0.15, 0.2) is 43.3 Å². The summed E-state index contributed by atoms with van der Waals surface area (Å²) >= 11 is 1.06. The van der Waals surface area contributed by atoms with Crippen molar-refractivity contribution in [2.75, 3.05) is 11.1 Å². The van der Waals surface area contributed by atoms with Crippen molar-refractivity contribution in [1.82, 2.24) is 19.1 Å². The van der Waals surface area contributed by atoms with E-state index in [4.69, 9.17) is 4.42 Å². The zero-order valence-electron chi connectivity index (χ0n) is 19.3. The summed E-state index contributed by atoms with van der Waals surface area (Å²) in [6, 6.07) is 8.97. The molecule has 3 heterocycles. The zero-order chi connectivity index (χ0) is 24.8. The number of nitrogens with zero attached hydrogens (tertiary/aromatic N) is 5. The lowest BCUT2D eigenvalue weighted by atomic mass is 9.96. The molecule has 0 atom stereocenters. The van der Waals surface area contributed by atoms with E-state index in [9.17, 15) is 19.6 Å². The van der Waals surface area contributed by atoms with Gasteiger partial charge in [0.2, 0.25) is 11.7 Å². The second-order valence-electron chi connectivity index (χ2n) is 8.76. The number of aryl methyl sites for hydroxylation is 1. The Morgan fingerprint density at radius 1 is 1.18 bits per heavy atom. The van der Waals surface area contributed by atoms with E-state index in [1.807, 2.05) is 26.8 Å². The van der Waals surface area contributed by atoms with E-state index in [-0.39, 0.29) is 22.5 Å². The van der Waals surface area contributed by atoms with Gasteiger partial charge in [-0.05, 0) is 12.1 Å². The second-order valence-corrected chi connectivity index (χ2v) is 9.72. The van der Waals surface area contributed by atoms with E-state index in [0.717, 1.165) is 16.3 Å². The standard InChI is InChI=1S/C23H22N6O4S/c1-23(2,3)21-26-18-16(20(31)29(5)22(32)28(18)4)19(27-21)34-11-15(30)25-17-12-8-6-7-9-13(12)33-14(17)10-24/h6-9H,11H2,1-5H3,(H,25,30). The maximum atomic E-state index is 12.9. The third kappa shape index (κ3) is 3.97. The quantitative estimate of drug-likeness (QED) is 0.349. The fraction of sp³-hybridized carbons (Fsp3) is 0.304. The van der Waals surface area contributed by atoms with Gasteiger partial charge in [0.25, 0.3) is 5.56 Å². The lowest BCUT2D eigenvalue weighted by molar-refractivity contribution is -0.113. The van der Waals surface area contributed by atoms with Gasteiger partial charge in [0.05, 0.1) is 5.75 Å². The molecular formula is C23H22N6O4S. The monoisotopic (exact) mass is 478 g/mol. The zero-order valence-corrected chi connectivity index (χ0v) is 20.1. The van der Waals surface area contributed by atoms with Gasteiger partial charge < -0.3 is 9.73 Å². The van der Waals surface area contributed by atoms with Gasteiger partial charge in [0, 0.05) is 24.9 Å². The van der Waals surface area contributed by atoms with Gasteiger partial charge in [0.1, 0.15) is 33.6 Å². The lowest BCUT2D eigenvalue weighted by Crippen LogP contribution is -2.38. The maximum absolute atomic E-state index is 12.9. The summed E-state index contributed by atoms with van der Waals surface area (Å²) in [5, 5.41) is 13.2. The normalized spacial score (nSPS) is 11.6. The molecule has 10 nitrogen and oxygen atoms in total. The van der Waals surface area contributed by atoms with Crippen LogP contribution in [0.4, 0.5) is 5.69 Å². The number of para-hydroxylation sites is 1. The highest BCUT2D eigenvalue weighted by atomic mass is 32.2. The molecule has 0 aliphatic carbocycles. The average Bonchev–Trinajstić information content (AvgIpc) is 3.16. The van der Waals surface area contributed by atoms with Gasteiger partial charge in [-0.15, -0.1) is 0 Å². The molecule has 174 valence electrons. The number of furan rings is 1. The molecule has 0 saturated carbocycles. The number of nitrogens with one attached hydrogen (secondary N) is 1. The van der Waals surface area contributed by atoms with E-state index in [2.05, 4.69) is 15.3 Å². The molecule has 0 radical (unpaired) electrons. The Hall–Kier alpha value is -3.91. The molecule has 1 aromatic carbocycles. The Labute approximate surface area is 198 Å². The number of hydrogen-bond acceptors (Lipinski definition) is 8. The first-order valence-corrected chi connectivity index (χ1v) is 11.3. The number of hydrogen-bond donors (Lipinski definition) is 1. The summed E-state index contributed by atoms with van der Waals surface area (Å²) < 4.78 is 7.79. The summed E-state index contributed by atoms with van der Waals surface area (Å²) in [5.41, 5.74) is -0.494. The molecule has 4 rings (SSSR count). The first-order valence-electron chi connectivity index (χ1n) is 10.4. The smallest absolute Gasteiger partial charge is 0.332 e. The Balaban J connectivity index is 1.73. The Morgan fingerprint density at radius 2 is 1.88 bits per heavy atom. The van der Waals surface area contributed by atoms with Crippen LogP contribution in [0.5, 0.6) is 0 Å². The van der Waals surface area contributed by atoms with Crippen LogP contribution in [0.2, 0.25) is 0 Å². The van der Waals surface area contributed by atoms with Crippen molar-refractivity contribution in [3.05, 3.63) is 56.7 Å². The SMILES string of the molecule is Cn1c(=O)c2c(SCC(=O)Nc3c(C#N)oc4ccccc34)nc(C(C)(C)C)nc2n(C)c1=O. The van der Waals surface area contributed by atoms with E-state index in [1.165, 1.54) is 18.7 Å². The topological polar surface area (TPSA) is 136 Å². The Bertz CT molecular complexity index is 1620. The van der Waals surface area contributed by atoms with Crippen LogP contribution < -0.4 is 16.6 Å². The minimum Gasteiger partial charge on any atom is -0.443 e. The minimum absolute atomic E-state index is 0.00549. The van der Waals surface area contributed by atoms with Crippen molar-refractivity contribution < 1.29 is 9.21 Å². The number of aromatic nitrogens is 4. The number of carbonyl (C=O) groups is 1. The van der Waals surface area contributed by atoms with Crippen LogP contribution in [0, 0.1) is 11.3 Å². The lowest BCUT2D eigenvalue weighted by Gasteiger charge is -2.19. The summed E-state index contributed by atoms with van der Waals surface area (Å²) in [7, 11) is 2.93. The fourth-order valence-corrected chi connectivity index (χ4v) is 4.24. The van der Waals surface area contributed by atoms with E-state index in [0.29, 0.717) is 27.5 Å². The van der Waals surface area contributed by atoms with Gasteiger partial charge in [-0.25, -0.2) is 14.8 Å². The molecule has 34 heavy (non-hydrogen) atoms. The molecule has 3 aromatic heterocycles. The van der Waals surface area contributed by atoms with Crippen LogP contribution in [-0.4, -0.2) is 30.8 Å². The molecule has 0 spiro atoms.